The van der Waals surface area contributed by atoms with Crippen LogP contribution >= 0.6 is 11.6 Å². The van der Waals surface area contributed by atoms with Crippen molar-refractivity contribution in [2.45, 2.75) is 18.2 Å². The van der Waals surface area contributed by atoms with E-state index in [2.05, 4.69) is 15.5 Å². The standard InChI is InChI=1S/C18H18ClN3O4/c19-15-4-2-14(3-5-15)18(16(24)20-8-9-23)6-1-7-21-17(18)25-11-13-10-22-26-12-13/h1-7,10,12,17,23H,8-9,11H2,(H,20,24). The number of hydrogen-bond donors (Lipinski definition) is 2. The van der Waals surface area contributed by atoms with E-state index < -0.39 is 11.6 Å². The van der Waals surface area contributed by atoms with Gasteiger partial charge in [0, 0.05) is 23.3 Å². The number of rotatable bonds is 7. The van der Waals surface area contributed by atoms with Crippen LogP contribution in [0.15, 0.2) is 58.4 Å². The highest BCUT2D eigenvalue weighted by Crippen LogP contribution is 2.36. The molecule has 0 spiro atoms. The summed E-state index contributed by atoms with van der Waals surface area (Å²) in [6.45, 7) is 0.147. The Bertz CT molecular complexity index is 789. The van der Waals surface area contributed by atoms with Gasteiger partial charge >= 0.3 is 0 Å². The van der Waals surface area contributed by atoms with E-state index in [0.29, 0.717) is 10.6 Å². The van der Waals surface area contributed by atoms with Crippen LogP contribution < -0.4 is 5.32 Å². The highest BCUT2D eigenvalue weighted by Gasteiger charge is 2.47. The molecule has 1 amide bonds. The van der Waals surface area contributed by atoms with Crippen LogP contribution in [0.1, 0.15) is 11.1 Å². The Morgan fingerprint density at radius 2 is 2.19 bits per heavy atom. The van der Waals surface area contributed by atoms with Crippen molar-refractivity contribution >= 4 is 23.7 Å². The first-order chi connectivity index (χ1) is 12.7. The second kappa shape index (κ2) is 8.27. The molecule has 3 rings (SSSR count). The van der Waals surface area contributed by atoms with Gasteiger partial charge in [-0.05, 0) is 23.8 Å². The lowest BCUT2D eigenvalue weighted by molar-refractivity contribution is -0.131. The van der Waals surface area contributed by atoms with E-state index in [1.807, 2.05) is 0 Å². The molecule has 7 nitrogen and oxygen atoms in total. The van der Waals surface area contributed by atoms with Crippen molar-refractivity contribution in [3.05, 3.63) is 65.0 Å². The molecule has 8 heteroatoms. The lowest BCUT2D eigenvalue weighted by Gasteiger charge is -2.36. The van der Waals surface area contributed by atoms with Crippen LogP contribution in [0.4, 0.5) is 0 Å². The largest absolute Gasteiger partial charge is 0.395 e. The number of aliphatic imine (C=N–C) groups is 1. The third-order valence-electron chi connectivity index (χ3n) is 4.04. The van der Waals surface area contributed by atoms with Gasteiger partial charge in [0.15, 0.2) is 6.23 Å². The molecule has 0 bridgehead atoms. The number of nitrogens with one attached hydrogen (secondary N) is 1. The van der Waals surface area contributed by atoms with Gasteiger partial charge < -0.3 is 19.7 Å². The fourth-order valence-electron chi connectivity index (χ4n) is 2.77. The van der Waals surface area contributed by atoms with E-state index in [-0.39, 0.29) is 25.7 Å². The van der Waals surface area contributed by atoms with Gasteiger partial charge in [0.2, 0.25) is 5.91 Å². The number of ether oxygens (including phenoxy) is 1. The second-order valence-electron chi connectivity index (χ2n) is 5.71. The fourth-order valence-corrected chi connectivity index (χ4v) is 2.90. The quantitative estimate of drug-likeness (QED) is 0.769. The van der Waals surface area contributed by atoms with Crippen LogP contribution in [0.2, 0.25) is 5.02 Å². The first-order valence-electron chi connectivity index (χ1n) is 8.03. The van der Waals surface area contributed by atoms with Gasteiger partial charge in [-0.15, -0.1) is 0 Å². The number of aliphatic hydroxyl groups excluding tert-OH is 1. The molecule has 1 aromatic carbocycles. The maximum atomic E-state index is 13.0. The number of hydrogen-bond acceptors (Lipinski definition) is 6. The van der Waals surface area contributed by atoms with E-state index in [4.69, 9.17) is 26.0 Å². The lowest BCUT2D eigenvalue weighted by atomic mass is 9.76. The molecule has 2 heterocycles. The molecule has 1 aromatic heterocycles. The molecule has 0 aliphatic carbocycles. The maximum absolute atomic E-state index is 13.0. The highest BCUT2D eigenvalue weighted by atomic mass is 35.5. The molecule has 0 saturated carbocycles. The van der Waals surface area contributed by atoms with Crippen molar-refractivity contribution in [3.63, 3.8) is 0 Å². The zero-order valence-corrected chi connectivity index (χ0v) is 14.6. The Kier molecular flexibility index (Phi) is 5.82. The number of amides is 1. The predicted molar refractivity (Wildman–Crippen MR) is 95.9 cm³/mol. The van der Waals surface area contributed by atoms with E-state index in [1.54, 1.807) is 42.6 Å². The number of dihydropyridines is 1. The molecular formula is C18H18ClN3O4. The summed E-state index contributed by atoms with van der Waals surface area (Å²) in [6.07, 6.45) is 7.24. The lowest BCUT2D eigenvalue weighted by Crippen LogP contribution is -2.52. The molecule has 0 saturated heterocycles. The Morgan fingerprint density at radius 1 is 1.38 bits per heavy atom. The zero-order chi connectivity index (χ0) is 18.4. The van der Waals surface area contributed by atoms with Gasteiger partial charge in [0.05, 0.1) is 19.4 Å². The average Bonchev–Trinajstić information content (AvgIpc) is 3.19. The van der Waals surface area contributed by atoms with Crippen molar-refractivity contribution in [1.82, 2.24) is 10.5 Å². The number of allylic oxidation sites excluding steroid dienone is 1. The summed E-state index contributed by atoms with van der Waals surface area (Å²) in [5, 5.41) is 16.0. The van der Waals surface area contributed by atoms with Gasteiger partial charge in [-0.25, -0.2) is 0 Å². The number of aliphatic hydroxyl groups is 1. The van der Waals surface area contributed by atoms with Crippen molar-refractivity contribution in [2.24, 2.45) is 4.99 Å². The van der Waals surface area contributed by atoms with Crippen LogP contribution in [0.5, 0.6) is 0 Å². The number of carbonyl (C=O) groups is 1. The third kappa shape index (κ3) is 3.70. The minimum absolute atomic E-state index is 0.129. The van der Waals surface area contributed by atoms with Crippen molar-refractivity contribution in [1.29, 1.82) is 0 Å². The zero-order valence-electron chi connectivity index (χ0n) is 13.8. The predicted octanol–water partition coefficient (Wildman–Crippen LogP) is 1.86. The number of halogens is 1. The van der Waals surface area contributed by atoms with Crippen LogP contribution in [0.25, 0.3) is 0 Å². The summed E-state index contributed by atoms with van der Waals surface area (Å²) in [4.78, 5) is 17.4. The summed E-state index contributed by atoms with van der Waals surface area (Å²) in [5.74, 6) is -0.322. The van der Waals surface area contributed by atoms with Crippen molar-refractivity contribution < 1.29 is 19.2 Å². The topological polar surface area (TPSA) is 97.0 Å². The molecule has 136 valence electrons. The van der Waals surface area contributed by atoms with Gasteiger partial charge in [0.1, 0.15) is 11.7 Å². The first kappa shape index (κ1) is 18.3. The summed E-state index contributed by atoms with van der Waals surface area (Å²) in [6, 6.07) is 6.95. The minimum Gasteiger partial charge on any atom is -0.395 e. The Morgan fingerprint density at radius 3 is 2.88 bits per heavy atom. The van der Waals surface area contributed by atoms with Crippen LogP contribution in [-0.2, 0) is 21.6 Å². The van der Waals surface area contributed by atoms with Gasteiger partial charge in [0.25, 0.3) is 0 Å². The first-order valence-corrected chi connectivity index (χ1v) is 8.40. The average molecular weight is 376 g/mol. The molecule has 1 aliphatic heterocycles. The molecular weight excluding hydrogens is 358 g/mol. The smallest absolute Gasteiger partial charge is 0.239 e. The van der Waals surface area contributed by atoms with Crippen LogP contribution in [0.3, 0.4) is 0 Å². The maximum Gasteiger partial charge on any atom is 0.239 e. The Balaban J connectivity index is 1.95. The molecule has 2 aromatic rings. The van der Waals surface area contributed by atoms with Gasteiger partial charge in [-0.3, -0.25) is 9.79 Å². The summed E-state index contributed by atoms with van der Waals surface area (Å²) in [5.41, 5.74) is 0.224. The SMILES string of the molecule is O=C(NCCO)C1(c2ccc(Cl)cc2)C=CC=NC1OCc1cnoc1. The third-order valence-corrected chi connectivity index (χ3v) is 4.29. The number of aromatic nitrogens is 1. The van der Waals surface area contributed by atoms with Crippen LogP contribution in [0, 0.1) is 0 Å². The number of nitrogens with zero attached hydrogens (tertiary/aromatic N) is 2. The minimum atomic E-state index is -1.19. The molecule has 1 aliphatic rings. The normalized spacial score (nSPS) is 21.7. The molecule has 2 atom stereocenters. The number of carbonyl (C=O) groups excluding carboxylic acids is 1. The van der Waals surface area contributed by atoms with E-state index in [1.165, 1.54) is 12.5 Å². The van der Waals surface area contributed by atoms with Gasteiger partial charge in [-0.2, -0.15) is 0 Å². The van der Waals surface area contributed by atoms with E-state index in [9.17, 15) is 4.79 Å². The van der Waals surface area contributed by atoms with Crippen molar-refractivity contribution in [3.8, 4) is 0 Å². The van der Waals surface area contributed by atoms with Crippen molar-refractivity contribution in [2.75, 3.05) is 13.2 Å². The monoisotopic (exact) mass is 375 g/mol. The molecule has 2 unspecified atom stereocenters. The highest BCUT2D eigenvalue weighted by molar-refractivity contribution is 6.30. The second-order valence-corrected chi connectivity index (χ2v) is 6.15. The van der Waals surface area contributed by atoms with E-state index >= 15 is 0 Å². The summed E-state index contributed by atoms with van der Waals surface area (Å²) < 4.78 is 10.7. The Labute approximate surface area is 155 Å². The summed E-state index contributed by atoms with van der Waals surface area (Å²) in [7, 11) is 0. The molecule has 2 N–H and O–H groups in total. The fraction of sp³-hybridized carbons (Fsp3) is 0.278. The van der Waals surface area contributed by atoms with Crippen LogP contribution in [-0.4, -0.2) is 41.8 Å². The Hall–Kier alpha value is -2.48. The molecule has 0 fully saturated rings. The summed E-state index contributed by atoms with van der Waals surface area (Å²) >= 11 is 5.99. The molecule has 26 heavy (non-hydrogen) atoms. The molecule has 0 radical (unpaired) electrons. The van der Waals surface area contributed by atoms with E-state index in [0.717, 1.165) is 5.56 Å². The number of benzene rings is 1. The van der Waals surface area contributed by atoms with Gasteiger partial charge in [-0.1, -0.05) is 35.0 Å².